The van der Waals surface area contributed by atoms with Crippen LogP contribution in [0.1, 0.15) is 15.9 Å². The Morgan fingerprint density at radius 2 is 1.64 bits per heavy atom. The van der Waals surface area contributed by atoms with Gasteiger partial charge in [-0.2, -0.15) is 0 Å². The van der Waals surface area contributed by atoms with Crippen LogP contribution in [0.4, 0.5) is 0 Å². The van der Waals surface area contributed by atoms with Crippen LogP contribution in [0.25, 0.3) is 0 Å². The van der Waals surface area contributed by atoms with Crippen molar-refractivity contribution in [1.82, 2.24) is 4.57 Å². The van der Waals surface area contributed by atoms with Gasteiger partial charge in [-0.3, -0.25) is 0 Å². The van der Waals surface area contributed by atoms with Gasteiger partial charge in [-0.15, -0.1) is 0 Å². The van der Waals surface area contributed by atoms with Crippen LogP contribution >= 0.6 is 0 Å². The number of aromatic carboxylic acids is 1. The highest BCUT2D eigenvalue weighted by Crippen LogP contribution is 2.00. The Hall–Kier alpha value is -2.88. The summed E-state index contributed by atoms with van der Waals surface area (Å²) in [5.41, 5.74) is 1.55. The molecule has 0 saturated carbocycles. The smallest absolute Gasteiger partial charge is 0.243 e. The van der Waals surface area contributed by atoms with Gasteiger partial charge in [0, 0.05) is 0 Å². The van der Waals surface area contributed by atoms with Gasteiger partial charge in [0.2, 0.25) is 6.33 Å². The quantitative estimate of drug-likeness (QED) is 0.686. The number of hydrogen-bond donors (Lipinski definition) is 0. The van der Waals surface area contributed by atoms with Crippen molar-refractivity contribution in [3.63, 3.8) is 0 Å². The van der Waals surface area contributed by atoms with Gasteiger partial charge >= 0.3 is 0 Å². The molecule has 1 heterocycles. The Labute approximate surface area is 129 Å². The van der Waals surface area contributed by atoms with Crippen LogP contribution in [-0.2, 0) is 13.6 Å². The summed E-state index contributed by atoms with van der Waals surface area (Å²) < 4.78 is 4.21. The monoisotopic (exact) mass is 294 g/mol. The molecule has 0 fully saturated rings. The third-order valence-corrected chi connectivity index (χ3v) is 3.04. The molecule has 4 nitrogen and oxygen atoms in total. The molecule has 22 heavy (non-hydrogen) atoms. The van der Waals surface area contributed by atoms with Crippen LogP contribution in [0.3, 0.4) is 0 Å². The maximum atomic E-state index is 10.1. The van der Waals surface area contributed by atoms with E-state index in [2.05, 4.69) is 41.4 Å². The maximum Gasteiger partial charge on any atom is 0.243 e. The van der Waals surface area contributed by atoms with Crippen molar-refractivity contribution in [1.29, 1.82) is 0 Å². The van der Waals surface area contributed by atoms with Crippen molar-refractivity contribution in [2.45, 2.75) is 6.54 Å². The lowest BCUT2D eigenvalue weighted by atomic mass is 10.2. The molecule has 0 bridgehead atoms. The van der Waals surface area contributed by atoms with Crippen LogP contribution in [0.2, 0.25) is 0 Å². The van der Waals surface area contributed by atoms with E-state index in [4.69, 9.17) is 0 Å². The average Bonchev–Trinajstić information content (AvgIpc) is 2.95. The zero-order chi connectivity index (χ0) is 15.8. The fraction of sp³-hybridized carbons (Fsp3) is 0.111. The summed E-state index contributed by atoms with van der Waals surface area (Å²) in [7, 11) is 2.03. The molecule has 3 aromatic rings. The van der Waals surface area contributed by atoms with Crippen LogP contribution in [0.15, 0.2) is 79.4 Å². The van der Waals surface area contributed by atoms with E-state index in [0.717, 1.165) is 6.54 Å². The van der Waals surface area contributed by atoms with Gasteiger partial charge in [-0.25, -0.2) is 9.13 Å². The summed E-state index contributed by atoms with van der Waals surface area (Å²) >= 11 is 0. The first-order valence-corrected chi connectivity index (χ1v) is 6.96. The molecular formula is C18H18N2O2. The van der Waals surface area contributed by atoms with E-state index in [9.17, 15) is 9.90 Å². The normalized spacial score (nSPS) is 9.68. The van der Waals surface area contributed by atoms with Crippen molar-refractivity contribution < 1.29 is 14.5 Å². The van der Waals surface area contributed by atoms with Crippen molar-refractivity contribution >= 4 is 5.97 Å². The minimum Gasteiger partial charge on any atom is -0.545 e. The summed E-state index contributed by atoms with van der Waals surface area (Å²) in [5, 5.41) is 10.1. The molecule has 0 amide bonds. The van der Waals surface area contributed by atoms with Gasteiger partial charge in [0.05, 0.1) is 13.0 Å². The number of imidazole rings is 1. The van der Waals surface area contributed by atoms with Gasteiger partial charge in [0.25, 0.3) is 0 Å². The molecule has 1 aromatic heterocycles. The zero-order valence-electron chi connectivity index (χ0n) is 12.4. The van der Waals surface area contributed by atoms with Crippen molar-refractivity contribution in [2.24, 2.45) is 7.05 Å². The molecule has 0 aliphatic carbocycles. The number of rotatable bonds is 3. The summed E-state index contributed by atoms with van der Waals surface area (Å²) in [6.07, 6.45) is 6.20. The highest BCUT2D eigenvalue weighted by atomic mass is 16.4. The number of aryl methyl sites for hydroxylation is 1. The first-order valence-electron chi connectivity index (χ1n) is 6.96. The third kappa shape index (κ3) is 4.90. The SMILES string of the molecule is C[n+]1ccn(Cc2ccccc2)c1.O=C([O-])c1ccccc1. The molecule has 0 spiro atoms. The van der Waals surface area contributed by atoms with E-state index in [-0.39, 0.29) is 5.56 Å². The first-order chi connectivity index (χ1) is 10.6. The number of carbonyl (C=O) groups is 1. The molecular weight excluding hydrogens is 276 g/mol. The molecule has 0 radical (unpaired) electrons. The summed E-state index contributed by atoms with van der Waals surface area (Å²) in [6, 6.07) is 18.5. The Morgan fingerprint density at radius 1 is 1.05 bits per heavy atom. The summed E-state index contributed by atoms with van der Waals surface area (Å²) in [6.45, 7) is 0.946. The van der Waals surface area contributed by atoms with Crippen LogP contribution in [0.5, 0.6) is 0 Å². The average molecular weight is 294 g/mol. The lowest BCUT2D eigenvalue weighted by molar-refractivity contribution is -0.671. The van der Waals surface area contributed by atoms with Gasteiger partial charge in [-0.05, 0) is 11.1 Å². The first kappa shape index (κ1) is 15.5. The Morgan fingerprint density at radius 3 is 2.09 bits per heavy atom. The second kappa shape index (κ2) is 7.78. The van der Waals surface area contributed by atoms with E-state index >= 15 is 0 Å². The topological polar surface area (TPSA) is 48.9 Å². The Bertz CT molecular complexity index is 706. The predicted molar refractivity (Wildman–Crippen MR) is 81.9 cm³/mol. The molecule has 0 aliphatic heterocycles. The van der Waals surface area contributed by atoms with E-state index in [1.54, 1.807) is 18.2 Å². The molecule has 2 aromatic carbocycles. The lowest BCUT2D eigenvalue weighted by Gasteiger charge is -1.97. The summed E-state index contributed by atoms with van der Waals surface area (Å²) in [4.78, 5) is 10.1. The number of carboxylic acid groups (broad SMARTS) is 1. The molecule has 0 atom stereocenters. The molecule has 0 aliphatic rings. The van der Waals surface area contributed by atoms with Crippen LogP contribution < -0.4 is 9.67 Å². The molecule has 0 N–H and O–H groups in total. The molecule has 0 unspecified atom stereocenters. The van der Waals surface area contributed by atoms with E-state index in [1.807, 2.05) is 23.9 Å². The van der Waals surface area contributed by atoms with Crippen molar-refractivity contribution in [3.05, 3.63) is 90.5 Å². The van der Waals surface area contributed by atoms with Crippen LogP contribution in [0, 0.1) is 0 Å². The van der Waals surface area contributed by atoms with E-state index < -0.39 is 5.97 Å². The fourth-order valence-corrected chi connectivity index (χ4v) is 1.96. The third-order valence-electron chi connectivity index (χ3n) is 3.04. The number of benzene rings is 2. The lowest BCUT2D eigenvalue weighted by Crippen LogP contribution is -2.23. The van der Waals surface area contributed by atoms with Gasteiger partial charge in [0.1, 0.15) is 18.9 Å². The Kier molecular flexibility index (Phi) is 5.49. The van der Waals surface area contributed by atoms with Crippen molar-refractivity contribution in [2.75, 3.05) is 0 Å². The second-order valence-electron chi connectivity index (χ2n) is 4.89. The van der Waals surface area contributed by atoms with E-state index in [1.165, 1.54) is 17.7 Å². The van der Waals surface area contributed by atoms with Gasteiger partial charge < -0.3 is 9.90 Å². The largest absolute Gasteiger partial charge is 0.545 e. The highest BCUT2D eigenvalue weighted by molar-refractivity contribution is 5.85. The van der Waals surface area contributed by atoms with Crippen LogP contribution in [-0.4, -0.2) is 10.5 Å². The fourth-order valence-electron chi connectivity index (χ4n) is 1.96. The minimum atomic E-state index is -1.13. The molecule has 0 saturated heterocycles. The number of carboxylic acids is 1. The maximum absolute atomic E-state index is 10.1. The number of nitrogens with zero attached hydrogens (tertiary/aromatic N) is 2. The van der Waals surface area contributed by atoms with Gasteiger partial charge in [-0.1, -0.05) is 60.7 Å². The number of hydrogen-bond acceptors (Lipinski definition) is 2. The van der Waals surface area contributed by atoms with E-state index in [0.29, 0.717) is 0 Å². The standard InChI is InChI=1S/C11H13N2.C7H6O2/c1-12-7-8-13(10-12)9-11-5-3-2-4-6-11;8-7(9)6-4-2-1-3-5-6/h2-8,10H,9H2,1H3;1-5H,(H,8,9)/q+1;/p-1. The molecule has 112 valence electrons. The zero-order valence-corrected chi connectivity index (χ0v) is 12.4. The molecule has 4 heteroatoms. The molecule has 3 rings (SSSR count). The summed E-state index contributed by atoms with van der Waals surface area (Å²) in [5.74, 6) is -1.13. The Balaban J connectivity index is 0.000000172. The predicted octanol–water partition coefficient (Wildman–Crippen LogP) is 1.41. The number of carbonyl (C=O) groups excluding carboxylic acids is 1. The minimum absolute atomic E-state index is 0.220. The second-order valence-corrected chi connectivity index (χ2v) is 4.89. The highest BCUT2D eigenvalue weighted by Gasteiger charge is 1.99. The van der Waals surface area contributed by atoms with Gasteiger partial charge in [0.15, 0.2) is 0 Å². The van der Waals surface area contributed by atoms with Crippen molar-refractivity contribution in [3.8, 4) is 0 Å². The number of aromatic nitrogens is 2.